The standard InChI is InChI=1S/C30H25O3S/c31-29(33-30(20-7-8-21-30)22-19-25-10-9-23-32-25)24-15-17-28(18-16-24)34(26-11-3-1-4-12-26)27-13-5-2-6-14-27/h1-6,9-18,23H,7-8,20-21H2/q+1. The van der Waals surface area contributed by atoms with Gasteiger partial charge in [-0.05, 0) is 98.2 Å². The molecule has 3 aromatic carbocycles. The Morgan fingerprint density at radius 1 is 0.765 bits per heavy atom. The normalized spacial score (nSPS) is 14.4. The summed E-state index contributed by atoms with van der Waals surface area (Å²) in [7, 11) is -0.254. The molecule has 4 aromatic rings. The second kappa shape index (κ2) is 10.1. The molecule has 0 unspecified atom stereocenters. The molecule has 1 heterocycles. The van der Waals surface area contributed by atoms with Gasteiger partial charge < -0.3 is 9.15 Å². The fourth-order valence-corrected chi connectivity index (χ4v) is 6.29. The van der Waals surface area contributed by atoms with Crippen LogP contribution >= 0.6 is 0 Å². The Morgan fingerprint density at radius 3 is 1.91 bits per heavy atom. The minimum atomic E-state index is -0.749. The molecule has 1 aromatic heterocycles. The van der Waals surface area contributed by atoms with Crippen LogP contribution in [0.3, 0.4) is 0 Å². The van der Waals surface area contributed by atoms with Crippen molar-refractivity contribution < 1.29 is 13.9 Å². The molecule has 34 heavy (non-hydrogen) atoms. The number of esters is 1. The quantitative estimate of drug-likeness (QED) is 0.183. The van der Waals surface area contributed by atoms with Gasteiger partial charge in [0.15, 0.2) is 26.0 Å². The highest BCUT2D eigenvalue weighted by Crippen LogP contribution is 2.34. The van der Waals surface area contributed by atoms with Crippen LogP contribution in [0.5, 0.6) is 0 Å². The van der Waals surface area contributed by atoms with Crippen LogP contribution in [0.25, 0.3) is 0 Å². The van der Waals surface area contributed by atoms with Crippen LogP contribution in [0.1, 0.15) is 41.8 Å². The van der Waals surface area contributed by atoms with E-state index >= 15 is 0 Å². The summed E-state index contributed by atoms with van der Waals surface area (Å²) in [5.41, 5.74) is -0.208. The Labute approximate surface area is 203 Å². The molecule has 1 fully saturated rings. The smallest absolute Gasteiger partial charge is 0.339 e. The Hall–Kier alpha value is -3.68. The maximum atomic E-state index is 13.1. The number of benzene rings is 3. The van der Waals surface area contributed by atoms with E-state index in [2.05, 4.69) is 60.4 Å². The minimum Gasteiger partial charge on any atom is -0.456 e. The average molecular weight is 466 g/mol. The summed E-state index contributed by atoms with van der Waals surface area (Å²) in [6, 6.07) is 32.4. The number of furan rings is 1. The van der Waals surface area contributed by atoms with Crippen molar-refractivity contribution in [1.82, 2.24) is 0 Å². The third-order valence-corrected chi connectivity index (χ3v) is 8.15. The van der Waals surface area contributed by atoms with Gasteiger partial charge in [0.1, 0.15) is 0 Å². The van der Waals surface area contributed by atoms with Crippen LogP contribution in [0, 0.1) is 11.8 Å². The molecule has 5 rings (SSSR count). The fourth-order valence-electron chi connectivity index (χ4n) is 4.21. The molecule has 0 amide bonds. The topological polar surface area (TPSA) is 39.4 Å². The predicted molar refractivity (Wildman–Crippen MR) is 134 cm³/mol. The SMILES string of the molecule is O=C(OC1(C#Cc2ccco2)CCCC1)c1ccc([S+](c2ccccc2)c2ccccc2)cc1. The van der Waals surface area contributed by atoms with E-state index in [1.165, 1.54) is 9.79 Å². The molecule has 1 saturated carbocycles. The maximum Gasteiger partial charge on any atom is 0.339 e. The van der Waals surface area contributed by atoms with Crippen LogP contribution in [-0.2, 0) is 15.6 Å². The Kier molecular flexibility index (Phi) is 6.56. The van der Waals surface area contributed by atoms with Crippen molar-refractivity contribution in [2.45, 2.75) is 46.0 Å². The molecular weight excluding hydrogens is 440 g/mol. The van der Waals surface area contributed by atoms with Gasteiger partial charge in [0, 0.05) is 0 Å². The largest absolute Gasteiger partial charge is 0.456 e. The third-order valence-electron chi connectivity index (χ3n) is 5.92. The molecular formula is C30H25O3S+. The van der Waals surface area contributed by atoms with E-state index < -0.39 is 5.60 Å². The van der Waals surface area contributed by atoms with E-state index in [-0.39, 0.29) is 16.9 Å². The van der Waals surface area contributed by atoms with Crippen molar-refractivity contribution in [3.8, 4) is 11.8 Å². The zero-order valence-corrected chi connectivity index (χ0v) is 19.6. The lowest BCUT2D eigenvalue weighted by Gasteiger charge is -2.23. The van der Waals surface area contributed by atoms with Crippen LogP contribution in [0.2, 0.25) is 0 Å². The summed E-state index contributed by atoms with van der Waals surface area (Å²) >= 11 is 0. The van der Waals surface area contributed by atoms with Gasteiger partial charge >= 0.3 is 5.97 Å². The second-order valence-electron chi connectivity index (χ2n) is 8.27. The van der Waals surface area contributed by atoms with Crippen molar-refractivity contribution in [3.05, 3.63) is 115 Å². The first kappa shape index (κ1) is 22.1. The van der Waals surface area contributed by atoms with Crippen molar-refractivity contribution in [1.29, 1.82) is 0 Å². The number of carbonyl (C=O) groups excluding carboxylic acids is 1. The first-order chi connectivity index (χ1) is 16.7. The molecule has 3 nitrogen and oxygen atoms in total. The lowest BCUT2D eigenvalue weighted by atomic mass is 10.0. The van der Waals surface area contributed by atoms with Crippen LogP contribution in [0.4, 0.5) is 0 Å². The molecule has 168 valence electrons. The number of ether oxygens (including phenoxy) is 1. The summed E-state index contributed by atoms with van der Waals surface area (Å²) in [5, 5.41) is 0. The van der Waals surface area contributed by atoms with Gasteiger partial charge in [-0.3, -0.25) is 0 Å². The number of carbonyl (C=O) groups is 1. The molecule has 0 aliphatic heterocycles. The third kappa shape index (κ3) is 4.95. The second-order valence-corrected chi connectivity index (χ2v) is 10.3. The Balaban J connectivity index is 1.39. The van der Waals surface area contributed by atoms with Gasteiger partial charge in [0.05, 0.1) is 22.7 Å². The van der Waals surface area contributed by atoms with Gasteiger partial charge in [0.25, 0.3) is 0 Å². The van der Waals surface area contributed by atoms with Crippen molar-refractivity contribution in [2.75, 3.05) is 0 Å². The van der Waals surface area contributed by atoms with E-state index in [9.17, 15) is 4.79 Å². The molecule has 0 atom stereocenters. The zero-order valence-electron chi connectivity index (χ0n) is 18.8. The predicted octanol–water partition coefficient (Wildman–Crippen LogP) is 6.90. The van der Waals surface area contributed by atoms with Gasteiger partial charge in [-0.2, -0.15) is 0 Å². The number of rotatable bonds is 5. The molecule has 0 spiro atoms. The summed E-state index contributed by atoms with van der Waals surface area (Å²) in [4.78, 5) is 16.7. The molecule has 0 radical (unpaired) electrons. The first-order valence-electron chi connectivity index (χ1n) is 11.5. The Morgan fingerprint density at radius 2 is 1.35 bits per heavy atom. The van der Waals surface area contributed by atoms with Gasteiger partial charge in [-0.25, -0.2) is 4.79 Å². The molecule has 4 heteroatoms. The fraction of sp³-hybridized carbons (Fsp3) is 0.167. The van der Waals surface area contributed by atoms with Crippen molar-refractivity contribution in [2.24, 2.45) is 0 Å². The first-order valence-corrected chi connectivity index (χ1v) is 12.7. The molecule has 0 saturated heterocycles. The lowest BCUT2D eigenvalue weighted by molar-refractivity contribution is 0.0103. The minimum absolute atomic E-state index is 0.254. The molecule has 0 N–H and O–H groups in total. The van der Waals surface area contributed by atoms with Crippen LogP contribution in [-0.4, -0.2) is 11.6 Å². The zero-order chi connectivity index (χ0) is 23.2. The summed E-state index contributed by atoms with van der Waals surface area (Å²) < 4.78 is 11.3. The summed E-state index contributed by atoms with van der Waals surface area (Å²) in [6.07, 6.45) is 5.08. The van der Waals surface area contributed by atoms with E-state index in [1.807, 2.05) is 42.5 Å². The van der Waals surface area contributed by atoms with E-state index in [0.717, 1.165) is 30.6 Å². The number of hydrogen-bond acceptors (Lipinski definition) is 3. The van der Waals surface area contributed by atoms with Crippen LogP contribution in [0.15, 0.2) is 122 Å². The van der Waals surface area contributed by atoms with Crippen molar-refractivity contribution >= 4 is 16.9 Å². The molecule has 1 aliphatic rings. The van der Waals surface area contributed by atoms with Gasteiger partial charge in [0.2, 0.25) is 0 Å². The monoisotopic (exact) mass is 465 g/mol. The lowest BCUT2D eigenvalue weighted by Crippen LogP contribution is -2.30. The van der Waals surface area contributed by atoms with Gasteiger partial charge in [-0.15, -0.1) is 0 Å². The van der Waals surface area contributed by atoms with E-state index in [4.69, 9.17) is 9.15 Å². The van der Waals surface area contributed by atoms with Gasteiger partial charge in [-0.1, -0.05) is 36.4 Å². The van der Waals surface area contributed by atoms with Crippen LogP contribution < -0.4 is 0 Å². The molecule has 1 aliphatic carbocycles. The maximum absolute atomic E-state index is 13.1. The highest BCUT2D eigenvalue weighted by atomic mass is 32.2. The Bertz CT molecular complexity index is 1240. The van der Waals surface area contributed by atoms with E-state index in [0.29, 0.717) is 11.3 Å². The highest BCUT2D eigenvalue weighted by molar-refractivity contribution is 7.97. The number of hydrogen-bond donors (Lipinski definition) is 0. The van der Waals surface area contributed by atoms with E-state index in [1.54, 1.807) is 12.3 Å². The molecule has 0 bridgehead atoms. The summed E-state index contributed by atoms with van der Waals surface area (Å²) in [5.74, 6) is 6.47. The average Bonchev–Trinajstić information content (AvgIpc) is 3.58. The summed E-state index contributed by atoms with van der Waals surface area (Å²) in [6.45, 7) is 0. The van der Waals surface area contributed by atoms with Crippen molar-refractivity contribution in [3.63, 3.8) is 0 Å². The highest BCUT2D eigenvalue weighted by Gasteiger charge is 2.37.